The Morgan fingerprint density at radius 1 is 1.24 bits per heavy atom. The number of carbonyl (C=O) groups is 2. The number of hydrogen-bond donors (Lipinski definition) is 3. The predicted molar refractivity (Wildman–Crippen MR) is 94.1 cm³/mol. The van der Waals surface area contributed by atoms with E-state index >= 15 is 0 Å². The Hall–Kier alpha value is -3.46. The average molecular weight is 338 g/mol. The van der Waals surface area contributed by atoms with Crippen LogP contribution in [0.1, 0.15) is 27.0 Å². The number of benzene rings is 2. The molecule has 0 unspecified atom stereocenters. The van der Waals surface area contributed by atoms with Gasteiger partial charge in [-0.15, -0.1) is 0 Å². The Morgan fingerprint density at radius 3 is 2.64 bits per heavy atom. The van der Waals surface area contributed by atoms with Crippen LogP contribution < -0.4 is 11.1 Å². The molecule has 6 heteroatoms. The monoisotopic (exact) mass is 338 g/mol. The molecule has 0 saturated heterocycles. The van der Waals surface area contributed by atoms with Crippen molar-refractivity contribution in [2.45, 2.75) is 13.5 Å². The van der Waals surface area contributed by atoms with Crippen molar-refractivity contribution in [3.05, 3.63) is 64.7 Å². The molecule has 0 fully saturated rings. The molecule has 128 valence electrons. The van der Waals surface area contributed by atoms with Crippen LogP contribution in [0.2, 0.25) is 0 Å². The van der Waals surface area contributed by atoms with E-state index in [9.17, 15) is 9.59 Å². The molecule has 25 heavy (non-hydrogen) atoms. The molecule has 6 nitrogen and oxygen atoms in total. The Kier molecular flexibility index (Phi) is 6.02. The van der Waals surface area contributed by atoms with Crippen molar-refractivity contribution in [3.63, 3.8) is 0 Å². The van der Waals surface area contributed by atoms with Crippen molar-refractivity contribution in [1.29, 1.82) is 0 Å². The number of aryl methyl sites for hydroxylation is 1. The van der Waals surface area contributed by atoms with Gasteiger partial charge in [0.1, 0.15) is 6.61 Å². The van der Waals surface area contributed by atoms with Gasteiger partial charge in [-0.1, -0.05) is 42.2 Å². The SMILES string of the molecule is Cc1cc(C#CCNC(=O)OCc2ccccc2)c(N)c(C(=O)O)c1. The van der Waals surface area contributed by atoms with Crippen LogP contribution in [0.25, 0.3) is 0 Å². The van der Waals surface area contributed by atoms with Crippen LogP contribution in [-0.4, -0.2) is 23.7 Å². The lowest BCUT2D eigenvalue weighted by molar-refractivity contribution is 0.0698. The van der Waals surface area contributed by atoms with Crippen LogP contribution in [0.3, 0.4) is 0 Å². The number of alkyl carbamates (subject to hydrolysis) is 1. The number of carbonyl (C=O) groups excluding carboxylic acids is 1. The predicted octanol–water partition coefficient (Wildman–Crippen LogP) is 2.55. The number of aromatic carboxylic acids is 1. The number of anilines is 1. The zero-order chi connectivity index (χ0) is 18.2. The van der Waals surface area contributed by atoms with E-state index in [-0.39, 0.29) is 24.4 Å². The molecule has 2 rings (SSSR count). The lowest BCUT2D eigenvalue weighted by atomic mass is 10.0. The minimum atomic E-state index is -1.10. The molecular formula is C19H18N2O4. The maximum atomic E-state index is 11.6. The van der Waals surface area contributed by atoms with Gasteiger partial charge in [-0.25, -0.2) is 9.59 Å². The molecule has 2 aromatic rings. The van der Waals surface area contributed by atoms with Crippen LogP contribution in [0.4, 0.5) is 10.5 Å². The van der Waals surface area contributed by atoms with E-state index in [0.29, 0.717) is 5.56 Å². The molecule has 0 radical (unpaired) electrons. The summed E-state index contributed by atoms with van der Waals surface area (Å²) in [4.78, 5) is 22.7. The molecule has 4 N–H and O–H groups in total. The van der Waals surface area contributed by atoms with Gasteiger partial charge in [0.2, 0.25) is 0 Å². The number of amides is 1. The summed E-state index contributed by atoms with van der Waals surface area (Å²) in [7, 11) is 0. The van der Waals surface area contributed by atoms with Crippen molar-refractivity contribution in [1.82, 2.24) is 5.32 Å². The topological polar surface area (TPSA) is 102 Å². The van der Waals surface area contributed by atoms with Gasteiger partial charge in [0.05, 0.1) is 17.8 Å². The number of carboxylic acids is 1. The van der Waals surface area contributed by atoms with E-state index in [2.05, 4.69) is 17.2 Å². The van der Waals surface area contributed by atoms with Gasteiger partial charge in [-0.3, -0.25) is 0 Å². The highest BCUT2D eigenvalue weighted by Gasteiger charge is 2.11. The third-order valence-corrected chi connectivity index (χ3v) is 3.31. The molecule has 1 amide bonds. The van der Waals surface area contributed by atoms with Gasteiger partial charge in [0.25, 0.3) is 0 Å². The molecule has 2 aromatic carbocycles. The first-order chi connectivity index (χ1) is 12.0. The van der Waals surface area contributed by atoms with Crippen molar-refractivity contribution in [3.8, 4) is 11.8 Å². The summed E-state index contributed by atoms with van der Waals surface area (Å²) in [6.07, 6.45) is -0.582. The average Bonchev–Trinajstić information content (AvgIpc) is 2.60. The Bertz CT molecular complexity index is 836. The van der Waals surface area contributed by atoms with E-state index in [1.54, 1.807) is 13.0 Å². The van der Waals surface area contributed by atoms with E-state index in [1.165, 1.54) is 6.07 Å². The molecule has 0 saturated carbocycles. The summed E-state index contributed by atoms with van der Waals surface area (Å²) in [5.41, 5.74) is 7.98. The Balaban J connectivity index is 1.90. The third-order valence-electron chi connectivity index (χ3n) is 3.31. The molecule has 0 bridgehead atoms. The quantitative estimate of drug-likeness (QED) is 0.587. The van der Waals surface area contributed by atoms with Crippen molar-refractivity contribution >= 4 is 17.7 Å². The van der Waals surface area contributed by atoms with Gasteiger partial charge in [-0.05, 0) is 30.2 Å². The summed E-state index contributed by atoms with van der Waals surface area (Å²) in [6, 6.07) is 12.5. The molecular weight excluding hydrogens is 320 g/mol. The highest BCUT2D eigenvalue weighted by molar-refractivity contribution is 5.95. The molecule has 0 heterocycles. The van der Waals surface area contributed by atoms with Crippen LogP contribution in [0.5, 0.6) is 0 Å². The smallest absolute Gasteiger partial charge is 0.408 e. The minimum absolute atomic E-state index is 0.0135. The van der Waals surface area contributed by atoms with Gasteiger partial charge < -0.3 is 20.9 Å². The zero-order valence-corrected chi connectivity index (χ0v) is 13.7. The minimum Gasteiger partial charge on any atom is -0.478 e. The molecule has 0 aliphatic rings. The number of nitrogen functional groups attached to an aromatic ring is 1. The lowest BCUT2D eigenvalue weighted by Gasteiger charge is -2.06. The van der Waals surface area contributed by atoms with E-state index in [4.69, 9.17) is 15.6 Å². The number of nitrogens with two attached hydrogens (primary N) is 1. The number of hydrogen-bond acceptors (Lipinski definition) is 4. The Morgan fingerprint density at radius 2 is 1.96 bits per heavy atom. The second-order valence-corrected chi connectivity index (χ2v) is 5.30. The van der Waals surface area contributed by atoms with Gasteiger partial charge in [0.15, 0.2) is 0 Å². The van der Waals surface area contributed by atoms with E-state index in [1.807, 2.05) is 30.3 Å². The van der Waals surface area contributed by atoms with Crippen LogP contribution >= 0.6 is 0 Å². The number of nitrogens with one attached hydrogen (secondary N) is 1. The maximum absolute atomic E-state index is 11.6. The molecule has 0 atom stereocenters. The van der Waals surface area contributed by atoms with E-state index < -0.39 is 12.1 Å². The van der Waals surface area contributed by atoms with Crippen LogP contribution in [0.15, 0.2) is 42.5 Å². The summed E-state index contributed by atoms with van der Waals surface area (Å²) < 4.78 is 5.05. The van der Waals surface area contributed by atoms with Gasteiger partial charge >= 0.3 is 12.1 Å². The van der Waals surface area contributed by atoms with Gasteiger partial charge in [0, 0.05) is 5.56 Å². The number of rotatable bonds is 4. The first-order valence-corrected chi connectivity index (χ1v) is 7.54. The molecule has 0 aromatic heterocycles. The number of carboxylic acid groups (broad SMARTS) is 1. The zero-order valence-electron chi connectivity index (χ0n) is 13.7. The van der Waals surface area contributed by atoms with Crippen molar-refractivity contribution in [2.24, 2.45) is 0 Å². The summed E-state index contributed by atoms with van der Waals surface area (Å²) >= 11 is 0. The van der Waals surface area contributed by atoms with Crippen molar-refractivity contribution < 1.29 is 19.4 Å². The highest BCUT2D eigenvalue weighted by atomic mass is 16.5. The largest absolute Gasteiger partial charge is 0.478 e. The molecule has 0 aliphatic heterocycles. The van der Waals surface area contributed by atoms with Crippen LogP contribution in [0, 0.1) is 18.8 Å². The first kappa shape index (κ1) is 17.9. The first-order valence-electron chi connectivity index (χ1n) is 7.54. The lowest BCUT2D eigenvalue weighted by Crippen LogP contribution is -2.24. The fourth-order valence-electron chi connectivity index (χ4n) is 2.11. The molecule has 0 spiro atoms. The maximum Gasteiger partial charge on any atom is 0.408 e. The second-order valence-electron chi connectivity index (χ2n) is 5.30. The van der Waals surface area contributed by atoms with Gasteiger partial charge in [-0.2, -0.15) is 0 Å². The molecule has 0 aliphatic carbocycles. The fourth-order valence-corrected chi connectivity index (χ4v) is 2.11. The standard InChI is InChI=1S/C19H18N2O4/c1-13-10-15(17(20)16(11-13)18(22)23)8-5-9-21-19(24)25-12-14-6-3-2-4-7-14/h2-4,6-7,10-11H,9,12,20H2,1H3,(H,21,24)(H,22,23). The normalized spacial score (nSPS) is 9.64. The summed E-state index contributed by atoms with van der Waals surface area (Å²) in [5, 5.41) is 11.6. The Labute approximate surface area is 145 Å². The summed E-state index contributed by atoms with van der Waals surface area (Å²) in [6.45, 7) is 1.99. The van der Waals surface area contributed by atoms with Crippen LogP contribution in [-0.2, 0) is 11.3 Å². The van der Waals surface area contributed by atoms with Crippen molar-refractivity contribution in [2.75, 3.05) is 12.3 Å². The highest BCUT2D eigenvalue weighted by Crippen LogP contribution is 2.19. The third kappa shape index (κ3) is 5.29. The summed E-state index contributed by atoms with van der Waals surface area (Å²) in [5.74, 6) is 4.39. The fraction of sp³-hybridized carbons (Fsp3) is 0.158. The number of ether oxygens (including phenoxy) is 1. The van der Waals surface area contributed by atoms with E-state index in [0.717, 1.165) is 11.1 Å². The second kappa shape index (κ2) is 8.41.